The van der Waals surface area contributed by atoms with Gasteiger partial charge >= 0.3 is 6.61 Å². The maximum absolute atomic E-state index is 12.2. The first-order valence-corrected chi connectivity index (χ1v) is 6.12. The molecule has 1 aromatic carbocycles. The lowest BCUT2D eigenvalue weighted by Crippen LogP contribution is -2.42. The van der Waals surface area contributed by atoms with E-state index in [-0.39, 0.29) is 5.75 Å². The fraction of sp³-hybridized carbons (Fsp3) is 0.538. The number of ether oxygens (including phenoxy) is 1. The van der Waals surface area contributed by atoms with Crippen LogP contribution in [0.3, 0.4) is 0 Å². The Balaban J connectivity index is 2.03. The van der Waals surface area contributed by atoms with E-state index in [0.717, 1.165) is 43.9 Å². The molecule has 1 heterocycles. The number of hydrogen-bond donors (Lipinski definition) is 1. The summed E-state index contributed by atoms with van der Waals surface area (Å²) in [7, 11) is 0. The molecule has 2 rings (SSSR count). The van der Waals surface area contributed by atoms with Crippen molar-refractivity contribution in [2.24, 2.45) is 0 Å². The number of nitrogens with one attached hydrogen (secondary N) is 1. The zero-order valence-electron chi connectivity index (χ0n) is 10.5. The van der Waals surface area contributed by atoms with Crippen molar-refractivity contribution in [3.63, 3.8) is 0 Å². The molecule has 0 aliphatic carbocycles. The van der Waals surface area contributed by atoms with Gasteiger partial charge in [-0.15, -0.1) is 0 Å². The van der Waals surface area contributed by atoms with Crippen LogP contribution in [0.15, 0.2) is 18.2 Å². The summed E-state index contributed by atoms with van der Waals surface area (Å²) >= 11 is 0. The number of alkyl halides is 2. The van der Waals surface area contributed by atoms with Gasteiger partial charge in [-0.3, -0.25) is 4.90 Å². The Morgan fingerprint density at radius 1 is 1.33 bits per heavy atom. The lowest BCUT2D eigenvalue weighted by Gasteiger charge is -2.27. The summed E-state index contributed by atoms with van der Waals surface area (Å²) < 4.78 is 29.0. The van der Waals surface area contributed by atoms with E-state index >= 15 is 0 Å². The first-order valence-electron chi connectivity index (χ1n) is 6.12. The fourth-order valence-electron chi connectivity index (χ4n) is 2.09. The summed E-state index contributed by atoms with van der Waals surface area (Å²) in [5.41, 5.74) is 1.75. The van der Waals surface area contributed by atoms with Crippen molar-refractivity contribution in [3.05, 3.63) is 29.3 Å². The molecule has 5 heteroatoms. The van der Waals surface area contributed by atoms with Crippen molar-refractivity contribution >= 4 is 0 Å². The number of benzene rings is 1. The fourth-order valence-corrected chi connectivity index (χ4v) is 2.09. The first kappa shape index (κ1) is 13.2. The van der Waals surface area contributed by atoms with E-state index in [0.29, 0.717) is 0 Å². The summed E-state index contributed by atoms with van der Waals surface area (Å²) in [5, 5.41) is 3.28. The molecule has 1 aliphatic rings. The molecule has 1 aliphatic heterocycles. The molecule has 18 heavy (non-hydrogen) atoms. The molecule has 0 amide bonds. The van der Waals surface area contributed by atoms with E-state index in [9.17, 15) is 8.78 Å². The molecule has 0 unspecified atom stereocenters. The van der Waals surface area contributed by atoms with Gasteiger partial charge in [0.1, 0.15) is 5.75 Å². The standard InChI is InChI=1S/C13H18F2N2O/c1-10-2-3-11(8-12(10)18-13(14)15)9-17-6-4-16-5-7-17/h2-3,8,13,16H,4-7,9H2,1H3. The highest BCUT2D eigenvalue weighted by atomic mass is 19.3. The number of hydrogen-bond acceptors (Lipinski definition) is 3. The second-order valence-electron chi connectivity index (χ2n) is 4.50. The van der Waals surface area contributed by atoms with Crippen molar-refractivity contribution in [2.75, 3.05) is 26.2 Å². The molecular weight excluding hydrogens is 238 g/mol. The van der Waals surface area contributed by atoms with Gasteiger partial charge in [-0.05, 0) is 24.1 Å². The molecule has 0 spiro atoms. The van der Waals surface area contributed by atoms with Gasteiger partial charge in [-0.25, -0.2) is 0 Å². The third-order valence-electron chi connectivity index (χ3n) is 3.08. The number of rotatable bonds is 4. The van der Waals surface area contributed by atoms with Crippen molar-refractivity contribution < 1.29 is 13.5 Å². The van der Waals surface area contributed by atoms with Gasteiger partial charge in [0, 0.05) is 32.7 Å². The Kier molecular flexibility index (Phi) is 4.49. The highest BCUT2D eigenvalue weighted by Gasteiger charge is 2.12. The molecule has 0 atom stereocenters. The number of nitrogens with zero attached hydrogens (tertiary/aromatic N) is 1. The van der Waals surface area contributed by atoms with Crippen LogP contribution in [0.5, 0.6) is 5.75 Å². The van der Waals surface area contributed by atoms with E-state index < -0.39 is 6.61 Å². The molecule has 100 valence electrons. The summed E-state index contributed by atoms with van der Waals surface area (Å²) in [6.07, 6.45) is 0. The molecule has 1 saturated heterocycles. The van der Waals surface area contributed by atoms with E-state index in [1.165, 1.54) is 0 Å². The predicted octanol–water partition coefficient (Wildman–Crippen LogP) is 2.00. The largest absolute Gasteiger partial charge is 0.435 e. The van der Waals surface area contributed by atoms with E-state index in [2.05, 4.69) is 15.0 Å². The third-order valence-corrected chi connectivity index (χ3v) is 3.08. The van der Waals surface area contributed by atoms with Gasteiger partial charge < -0.3 is 10.1 Å². The monoisotopic (exact) mass is 256 g/mol. The Morgan fingerprint density at radius 2 is 2.06 bits per heavy atom. The second-order valence-corrected chi connectivity index (χ2v) is 4.50. The zero-order chi connectivity index (χ0) is 13.0. The predicted molar refractivity (Wildman–Crippen MR) is 66.0 cm³/mol. The Morgan fingerprint density at radius 3 is 2.72 bits per heavy atom. The van der Waals surface area contributed by atoms with Crippen molar-refractivity contribution in [2.45, 2.75) is 20.1 Å². The van der Waals surface area contributed by atoms with E-state index in [4.69, 9.17) is 0 Å². The molecule has 0 radical (unpaired) electrons. The first-order chi connectivity index (χ1) is 8.65. The molecule has 3 nitrogen and oxygen atoms in total. The summed E-state index contributed by atoms with van der Waals surface area (Å²) in [6.45, 7) is 3.71. The minimum absolute atomic E-state index is 0.276. The van der Waals surface area contributed by atoms with Crippen LogP contribution in [0.4, 0.5) is 8.78 Å². The summed E-state index contributed by atoms with van der Waals surface area (Å²) in [6, 6.07) is 5.51. The van der Waals surface area contributed by atoms with Crippen LogP contribution in [-0.2, 0) is 6.54 Å². The van der Waals surface area contributed by atoms with Gasteiger partial charge in [0.05, 0.1) is 0 Å². The number of piperazine rings is 1. The Labute approximate surface area is 106 Å². The van der Waals surface area contributed by atoms with Gasteiger partial charge in [-0.1, -0.05) is 12.1 Å². The molecule has 0 saturated carbocycles. The smallest absolute Gasteiger partial charge is 0.387 e. The highest BCUT2D eigenvalue weighted by Crippen LogP contribution is 2.22. The van der Waals surface area contributed by atoms with Crippen LogP contribution < -0.4 is 10.1 Å². The molecule has 0 aromatic heterocycles. The van der Waals surface area contributed by atoms with Crippen LogP contribution >= 0.6 is 0 Å². The lowest BCUT2D eigenvalue weighted by molar-refractivity contribution is -0.0503. The lowest BCUT2D eigenvalue weighted by atomic mass is 10.1. The van der Waals surface area contributed by atoms with Crippen LogP contribution in [-0.4, -0.2) is 37.7 Å². The minimum Gasteiger partial charge on any atom is -0.435 e. The molecule has 1 fully saturated rings. The Bertz CT molecular complexity index is 393. The maximum Gasteiger partial charge on any atom is 0.387 e. The normalized spacial score (nSPS) is 17.1. The van der Waals surface area contributed by atoms with Crippen LogP contribution in [0, 0.1) is 6.92 Å². The van der Waals surface area contributed by atoms with Gasteiger partial charge in [-0.2, -0.15) is 8.78 Å². The Hall–Kier alpha value is -1.20. The number of halogens is 2. The van der Waals surface area contributed by atoms with Crippen molar-refractivity contribution in [1.29, 1.82) is 0 Å². The van der Waals surface area contributed by atoms with Crippen LogP contribution in [0.1, 0.15) is 11.1 Å². The molecule has 1 N–H and O–H groups in total. The average Bonchev–Trinajstić information content (AvgIpc) is 2.34. The summed E-state index contributed by atoms with van der Waals surface area (Å²) in [4.78, 5) is 2.30. The zero-order valence-corrected chi connectivity index (χ0v) is 10.5. The molecule has 1 aromatic rings. The minimum atomic E-state index is -2.77. The van der Waals surface area contributed by atoms with Crippen molar-refractivity contribution in [1.82, 2.24) is 10.2 Å². The highest BCUT2D eigenvalue weighted by molar-refractivity contribution is 5.36. The topological polar surface area (TPSA) is 24.5 Å². The number of aryl methyl sites for hydroxylation is 1. The average molecular weight is 256 g/mol. The van der Waals surface area contributed by atoms with Crippen molar-refractivity contribution in [3.8, 4) is 5.75 Å². The van der Waals surface area contributed by atoms with Gasteiger partial charge in [0.2, 0.25) is 0 Å². The van der Waals surface area contributed by atoms with Gasteiger partial charge in [0.25, 0.3) is 0 Å². The quantitative estimate of drug-likeness (QED) is 0.891. The summed E-state index contributed by atoms with van der Waals surface area (Å²) in [5.74, 6) is 0.276. The maximum atomic E-state index is 12.2. The molecule has 0 bridgehead atoms. The SMILES string of the molecule is Cc1ccc(CN2CCNCC2)cc1OC(F)F. The van der Waals surface area contributed by atoms with Crippen LogP contribution in [0.25, 0.3) is 0 Å². The van der Waals surface area contributed by atoms with E-state index in [1.54, 1.807) is 13.0 Å². The van der Waals surface area contributed by atoms with Gasteiger partial charge in [0.15, 0.2) is 0 Å². The van der Waals surface area contributed by atoms with Crippen LogP contribution in [0.2, 0.25) is 0 Å². The van der Waals surface area contributed by atoms with E-state index in [1.807, 2.05) is 12.1 Å². The second kappa shape index (κ2) is 6.11. The molecular formula is C13H18F2N2O. The third kappa shape index (κ3) is 3.65.